The van der Waals surface area contributed by atoms with E-state index in [4.69, 9.17) is 20.2 Å². The Balaban J connectivity index is 1.76. The Morgan fingerprint density at radius 3 is 2.43 bits per heavy atom. The van der Waals surface area contributed by atoms with Crippen molar-refractivity contribution < 1.29 is 23.4 Å². The molecule has 11 heteroatoms. The lowest BCUT2D eigenvalue weighted by Gasteiger charge is -2.30. The quantitative estimate of drug-likeness (QED) is 0.310. The van der Waals surface area contributed by atoms with Crippen LogP contribution in [0.5, 0.6) is 11.5 Å². The number of hydrogen-bond donors (Lipinski definition) is 2. The number of aromatic nitrogens is 4. The van der Waals surface area contributed by atoms with Crippen molar-refractivity contribution in [3.05, 3.63) is 55.0 Å². The number of alkyl halides is 2. The van der Waals surface area contributed by atoms with Gasteiger partial charge in [0.05, 0.1) is 49.9 Å². The van der Waals surface area contributed by atoms with E-state index in [1.807, 2.05) is 6.20 Å². The number of hydrogen-bond acceptors (Lipinski definition) is 8. The van der Waals surface area contributed by atoms with Gasteiger partial charge in [-0.1, -0.05) is 0 Å². The number of nitrogens with zero attached hydrogens (tertiary/aromatic N) is 5. The van der Waals surface area contributed by atoms with Crippen molar-refractivity contribution in [1.29, 1.82) is 0 Å². The van der Waals surface area contributed by atoms with Gasteiger partial charge in [-0.05, 0) is 31.2 Å². The number of aliphatic hydroxyl groups excluding tert-OH is 1. The van der Waals surface area contributed by atoms with Gasteiger partial charge < -0.3 is 25.2 Å². The molecule has 2 aromatic carbocycles. The number of halogens is 2. The van der Waals surface area contributed by atoms with Crippen LogP contribution in [-0.2, 0) is 6.54 Å². The fourth-order valence-corrected chi connectivity index (χ4v) is 3.82. The maximum absolute atomic E-state index is 14.0. The van der Waals surface area contributed by atoms with Crippen LogP contribution in [0.2, 0.25) is 0 Å². The molecule has 0 aliphatic heterocycles. The summed E-state index contributed by atoms with van der Waals surface area (Å²) in [5, 5.41) is 14.6. The highest BCUT2D eigenvalue weighted by atomic mass is 19.3. The molecule has 0 aliphatic rings. The first kappa shape index (κ1) is 26.2. The first-order valence-electron chi connectivity index (χ1n) is 11.8. The predicted molar refractivity (Wildman–Crippen MR) is 138 cm³/mol. The second-order valence-electron chi connectivity index (χ2n) is 8.72. The Hall–Kier alpha value is -3.83. The lowest BCUT2D eigenvalue weighted by molar-refractivity contribution is -0.0878. The molecule has 37 heavy (non-hydrogen) atoms. The zero-order valence-electron chi connectivity index (χ0n) is 20.9. The second kappa shape index (κ2) is 11.1. The van der Waals surface area contributed by atoms with Gasteiger partial charge in [0.15, 0.2) is 0 Å². The molecule has 0 radical (unpaired) electrons. The van der Waals surface area contributed by atoms with Crippen molar-refractivity contribution in [2.24, 2.45) is 5.73 Å². The lowest BCUT2D eigenvalue weighted by Crippen LogP contribution is -2.40. The lowest BCUT2D eigenvalue weighted by atomic mass is 10.1. The topological polar surface area (TPSA) is 112 Å². The Bertz CT molecular complexity index is 1340. The highest BCUT2D eigenvalue weighted by Gasteiger charge is 2.34. The standard InChI is InChI=1S/C26H30F2N6O3/c1-26(27,28)25(35)16-34(19-9-20(36-2)12-21(10-19)37-3)18-5-6-22-23(11-18)32-24(14-30-22)17-13-31-33(15-17)8-4-7-29/h5-6,9-15,25,35H,4,7-8,16,29H2,1-3H3/t25-/m1/s1. The SMILES string of the molecule is COc1cc(OC)cc(N(C[C@@H](O)C(C)(F)F)c2ccc3ncc(-c4cnn(CCCN)c4)nc3c2)c1. The average molecular weight is 513 g/mol. The smallest absolute Gasteiger partial charge is 0.272 e. The van der Waals surface area contributed by atoms with Gasteiger partial charge in [-0.25, -0.2) is 13.8 Å². The van der Waals surface area contributed by atoms with E-state index in [1.165, 1.54) is 14.2 Å². The van der Waals surface area contributed by atoms with E-state index >= 15 is 0 Å². The first-order chi connectivity index (χ1) is 17.7. The highest BCUT2D eigenvalue weighted by molar-refractivity contribution is 5.82. The van der Waals surface area contributed by atoms with Crippen molar-refractivity contribution in [2.45, 2.75) is 31.9 Å². The predicted octanol–water partition coefficient (Wildman–Crippen LogP) is 4.01. The molecule has 2 aromatic heterocycles. The van der Waals surface area contributed by atoms with Crippen LogP contribution in [0.15, 0.2) is 55.0 Å². The molecule has 0 saturated heterocycles. The summed E-state index contributed by atoms with van der Waals surface area (Å²) >= 11 is 0. The summed E-state index contributed by atoms with van der Waals surface area (Å²) in [6.45, 7) is 1.58. The fraction of sp³-hybridized carbons (Fsp3) is 0.346. The summed E-state index contributed by atoms with van der Waals surface area (Å²) < 4.78 is 40.5. The minimum atomic E-state index is -3.31. The van der Waals surface area contributed by atoms with Crippen LogP contribution in [0, 0.1) is 0 Å². The largest absolute Gasteiger partial charge is 0.497 e. The minimum absolute atomic E-state index is 0.383. The Kier molecular flexibility index (Phi) is 7.84. The molecular weight excluding hydrogens is 482 g/mol. The van der Waals surface area contributed by atoms with E-state index in [1.54, 1.807) is 58.4 Å². The number of nitrogens with two attached hydrogens (primary N) is 1. The highest BCUT2D eigenvalue weighted by Crippen LogP contribution is 2.35. The summed E-state index contributed by atoms with van der Waals surface area (Å²) in [6, 6.07) is 10.3. The summed E-state index contributed by atoms with van der Waals surface area (Å²) in [6.07, 6.45) is 4.13. The van der Waals surface area contributed by atoms with Crippen molar-refractivity contribution in [1.82, 2.24) is 19.7 Å². The summed E-state index contributed by atoms with van der Waals surface area (Å²) in [4.78, 5) is 10.8. The number of benzene rings is 2. The van der Waals surface area contributed by atoms with Crippen molar-refractivity contribution in [3.63, 3.8) is 0 Å². The Morgan fingerprint density at radius 1 is 1.05 bits per heavy atom. The zero-order chi connectivity index (χ0) is 26.6. The number of fused-ring (bicyclic) bond motifs is 1. The zero-order valence-corrected chi connectivity index (χ0v) is 20.9. The summed E-state index contributed by atoms with van der Waals surface area (Å²) in [7, 11) is 3.01. The summed E-state index contributed by atoms with van der Waals surface area (Å²) in [5.41, 5.74) is 9.24. The van der Waals surface area contributed by atoms with Gasteiger partial charge in [0.25, 0.3) is 5.92 Å². The van der Waals surface area contributed by atoms with Crippen LogP contribution in [0.1, 0.15) is 13.3 Å². The summed E-state index contributed by atoms with van der Waals surface area (Å²) in [5.74, 6) is -2.35. The van der Waals surface area contributed by atoms with Gasteiger partial charge in [0, 0.05) is 54.8 Å². The normalized spacial score (nSPS) is 12.5. The third kappa shape index (κ3) is 6.12. The van der Waals surface area contributed by atoms with Crippen LogP contribution in [0.3, 0.4) is 0 Å². The maximum Gasteiger partial charge on any atom is 0.272 e. The molecule has 2 heterocycles. The molecule has 0 amide bonds. The number of aryl methyl sites for hydroxylation is 1. The molecule has 3 N–H and O–H groups in total. The van der Waals surface area contributed by atoms with Gasteiger partial charge in [-0.2, -0.15) is 5.10 Å². The van der Waals surface area contributed by atoms with E-state index in [9.17, 15) is 13.9 Å². The molecule has 0 saturated carbocycles. The van der Waals surface area contributed by atoms with Gasteiger partial charge in [0.1, 0.15) is 17.6 Å². The molecule has 0 unspecified atom stereocenters. The number of methoxy groups -OCH3 is 2. The van der Waals surface area contributed by atoms with Crippen LogP contribution >= 0.6 is 0 Å². The van der Waals surface area contributed by atoms with Crippen molar-refractivity contribution in [3.8, 4) is 22.8 Å². The van der Waals surface area contributed by atoms with Crippen molar-refractivity contribution in [2.75, 3.05) is 32.2 Å². The van der Waals surface area contributed by atoms with Gasteiger partial charge in [-0.3, -0.25) is 9.67 Å². The van der Waals surface area contributed by atoms with E-state index in [0.29, 0.717) is 59.6 Å². The van der Waals surface area contributed by atoms with E-state index in [0.717, 1.165) is 12.0 Å². The molecule has 4 rings (SSSR count). The molecular formula is C26H30F2N6O3. The molecule has 0 bridgehead atoms. The molecule has 1 atom stereocenters. The van der Waals surface area contributed by atoms with Crippen LogP contribution in [-0.4, -0.2) is 64.2 Å². The number of anilines is 2. The maximum atomic E-state index is 14.0. The monoisotopic (exact) mass is 512 g/mol. The van der Waals surface area contributed by atoms with Gasteiger partial charge in [-0.15, -0.1) is 0 Å². The van der Waals surface area contributed by atoms with E-state index in [-0.39, 0.29) is 6.54 Å². The third-order valence-electron chi connectivity index (χ3n) is 5.95. The number of ether oxygens (including phenoxy) is 2. The Labute approximate surface area is 213 Å². The van der Waals surface area contributed by atoms with Gasteiger partial charge >= 0.3 is 0 Å². The molecule has 0 fully saturated rings. The second-order valence-corrected chi connectivity index (χ2v) is 8.72. The molecule has 0 aliphatic carbocycles. The fourth-order valence-electron chi connectivity index (χ4n) is 3.82. The number of rotatable bonds is 11. The van der Waals surface area contributed by atoms with E-state index in [2.05, 4.69) is 10.1 Å². The van der Waals surface area contributed by atoms with Crippen molar-refractivity contribution >= 4 is 22.4 Å². The molecule has 0 spiro atoms. The van der Waals surface area contributed by atoms with Crippen LogP contribution in [0.4, 0.5) is 20.2 Å². The Morgan fingerprint density at radius 2 is 1.78 bits per heavy atom. The molecule has 4 aromatic rings. The minimum Gasteiger partial charge on any atom is -0.497 e. The van der Waals surface area contributed by atoms with Crippen LogP contribution < -0.4 is 20.1 Å². The van der Waals surface area contributed by atoms with Crippen LogP contribution in [0.25, 0.3) is 22.3 Å². The first-order valence-corrected chi connectivity index (χ1v) is 11.8. The molecule has 196 valence electrons. The average Bonchev–Trinajstić information content (AvgIpc) is 3.37. The van der Waals surface area contributed by atoms with E-state index < -0.39 is 12.0 Å². The molecule has 9 nitrogen and oxygen atoms in total. The third-order valence-corrected chi connectivity index (χ3v) is 5.95. The van der Waals surface area contributed by atoms with Gasteiger partial charge in [0.2, 0.25) is 0 Å². The number of aliphatic hydroxyl groups is 1.